The Morgan fingerprint density at radius 2 is 1.79 bits per heavy atom. The summed E-state index contributed by atoms with van der Waals surface area (Å²) in [7, 11) is -3.50. The molecule has 1 aliphatic heterocycles. The van der Waals surface area contributed by atoms with Crippen molar-refractivity contribution in [2.75, 3.05) is 45.4 Å². The lowest BCUT2D eigenvalue weighted by Crippen LogP contribution is -2.42. The van der Waals surface area contributed by atoms with E-state index in [0.717, 1.165) is 13.0 Å². The topological polar surface area (TPSA) is 87.9 Å². The van der Waals surface area contributed by atoms with E-state index in [1.54, 1.807) is 0 Å². The summed E-state index contributed by atoms with van der Waals surface area (Å²) in [6, 6.07) is 0. The minimum absolute atomic E-state index is 0.0425. The summed E-state index contributed by atoms with van der Waals surface area (Å²) in [5, 5.41) is 5.17. The van der Waals surface area contributed by atoms with Crippen molar-refractivity contribution in [3.63, 3.8) is 0 Å². The molecule has 1 fully saturated rings. The van der Waals surface area contributed by atoms with Crippen molar-refractivity contribution in [1.82, 2.24) is 0 Å². The number of nitrogens with two attached hydrogens (primary N) is 1. The highest BCUT2D eigenvalue weighted by atomic mass is 32.2. The van der Waals surface area contributed by atoms with Crippen LogP contribution in [0.15, 0.2) is 0 Å². The highest BCUT2D eigenvalue weighted by Crippen LogP contribution is 2.32. The Morgan fingerprint density at radius 1 is 1.16 bits per heavy atom. The van der Waals surface area contributed by atoms with Crippen LogP contribution in [-0.2, 0) is 24.2 Å². The number of sulfonamides is 1. The van der Waals surface area contributed by atoms with Crippen LogP contribution in [0.2, 0.25) is 0 Å². The average molecular weight is 295 g/mol. The Morgan fingerprint density at radius 3 is 2.37 bits per heavy atom. The molecular formula is C12H25NO5S. The maximum Gasteiger partial charge on any atom is 0.209 e. The Hall–Kier alpha value is -0.210. The SMILES string of the molecule is CCCOCCOCC1(CS(N)(=O)=O)CCOCC1. The molecular weight excluding hydrogens is 270 g/mol. The monoisotopic (exact) mass is 295 g/mol. The van der Waals surface area contributed by atoms with Gasteiger partial charge in [0.1, 0.15) is 0 Å². The van der Waals surface area contributed by atoms with Gasteiger partial charge in [-0.25, -0.2) is 13.6 Å². The molecule has 0 aromatic heterocycles. The summed E-state index contributed by atoms with van der Waals surface area (Å²) in [5.74, 6) is -0.0425. The normalized spacial score (nSPS) is 19.5. The molecule has 0 atom stereocenters. The third-order valence-electron chi connectivity index (χ3n) is 3.19. The van der Waals surface area contributed by atoms with Crippen molar-refractivity contribution >= 4 is 10.0 Å². The van der Waals surface area contributed by atoms with Crippen LogP contribution >= 0.6 is 0 Å². The van der Waals surface area contributed by atoms with E-state index in [2.05, 4.69) is 0 Å². The first-order valence-electron chi connectivity index (χ1n) is 6.71. The molecule has 114 valence electrons. The van der Waals surface area contributed by atoms with E-state index in [1.807, 2.05) is 6.92 Å². The first kappa shape index (κ1) is 16.8. The Kier molecular flexibility index (Phi) is 7.23. The maximum atomic E-state index is 11.3. The molecule has 1 aliphatic rings. The number of rotatable bonds is 9. The number of hydrogen-bond donors (Lipinski definition) is 1. The zero-order valence-electron chi connectivity index (χ0n) is 11.6. The molecule has 0 amide bonds. The molecule has 0 unspecified atom stereocenters. The van der Waals surface area contributed by atoms with Gasteiger partial charge in [0.15, 0.2) is 0 Å². The maximum absolute atomic E-state index is 11.3. The molecule has 0 saturated carbocycles. The minimum atomic E-state index is -3.50. The van der Waals surface area contributed by atoms with Gasteiger partial charge >= 0.3 is 0 Å². The van der Waals surface area contributed by atoms with Crippen LogP contribution in [0.5, 0.6) is 0 Å². The van der Waals surface area contributed by atoms with Gasteiger partial charge in [0.2, 0.25) is 10.0 Å². The van der Waals surface area contributed by atoms with Crippen molar-refractivity contribution in [2.24, 2.45) is 10.6 Å². The lowest BCUT2D eigenvalue weighted by molar-refractivity contribution is -0.0400. The van der Waals surface area contributed by atoms with Gasteiger partial charge in [0.25, 0.3) is 0 Å². The molecule has 0 radical (unpaired) electrons. The third-order valence-corrected chi connectivity index (χ3v) is 4.20. The molecule has 19 heavy (non-hydrogen) atoms. The standard InChI is InChI=1S/C12H25NO5S/c1-2-5-16-8-9-18-10-12(11-19(13,14)15)3-6-17-7-4-12/h2-11H2,1H3,(H2,13,14,15). The first-order valence-corrected chi connectivity index (χ1v) is 8.43. The second kappa shape index (κ2) is 8.16. The van der Waals surface area contributed by atoms with Gasteiger partial charge in [-0.1, -0.05) is 6.92 Å². The van der Waals surface area contributed by atoms with Gasteiger partial charge < -0.3 is 14.2 Å². The Bertz CT molecular complexity index is 338. The molecule has 2 N–H and O–H groups in total. The zero-order valence-corrected chi connectivity index (χ0v) is 12.4. The first-order chi connectivity index (χ1) is 8.97. The summed E-state index contributed by atoms with van der Waals surface area (Å²) in [4.78, 5) is 0. The summed E-state index contributed by atoms with van der Waals surface area (Å²) in [6.45, 7) is 5.30. The van der Waals surface area contributed by atoms with Gasteiger partial charge in [-0.05, 0) is 19.3 Å². The lowest BCUT2D eigenvalue weighted by Gasteiger charge is -2.36. The molecule has 1 saturated heterocycles. The third kappa shape index (κ3) is 7.22. The smallest absolute Gasteiger partial charge is 0.209 e. The molecule has 1 heterocycles. The van der Waals surface area contributed by atoms with Gasteiger partial charge in [-0.2, -0.15) is 0 Å². The van der Waals surface area contributed by atoms with Crippen molar-refractivity contribution in [3.8, 4) is 0 Å². The molecule has 7 heteroatoms. The van der Waals surface area contributed by atoms with E-state index in [1.165, 1.54) is 0 Å². The second-order valence-corrected chi connectivity index (χ2v) is 6.70. The minimum Gasteiger partial charge on any atom is -0.381 e. The molecule has 0 aromatic carbocycles. The van der Waals surface area contributed by atoms with Crippen LogP contribution in [-0.4, -0.2) is 53.8 Å². The van der Waals surface area contributed by atoms with Crippen molar-refractivity contribution in [3.05, 3.63) is 0 Å². The lowest BCUT2D eigenvalue weighted by atomic mass is 9.83. The van der Waals surface area contributed by atoms with E-state index in [-0.39, 0.29) is 5.75 Å². The van der Waals surface area contributed by atoms with E-state index >= 15 is 0 Å². The molecule has 0 aliphatic carbocycles. The number of hydrogen-bond acceptors (Lipinski definition) is 5. The van der Waals surface area contributed by atoms with Crippen LogP contribution in [0.4, 0.5) is 0 Å². The number of primary sulfonamides is 1. The van der Waals surface area contributed by atoms with Crippen molar-refractivity contribution < 1.29 is 22.6 Å². The summed E-state index contributed by atoms with van der Waals surface area (Å²) >= 11 is 0. The predicted molar refractivity (Wildman–Crippen MR) is 72.4 cm³/mol. The van der Waals surface area contributed by atoms with E-state index in [9.17, 15) is 8.42 Å². The molecule has 6 nitrogen and oxygen atoms in total. The van der Waals surface area contributed by atoms with Crippen LogP contribution in [0.3, 0.4) is 0 Å². The van der Waals surface area contributed by atoms with Crippen LogP contribution in [0.25, 0.3) is 0 Å². The Labute approximate surface area is 115 Å². The van der Waals surface area contributed by atoms with Crippen LogP contribution < -0.4 is 5.14 Å². The highest BCUT2D eigenvalue weighted by molar-refractivity contribution is 7.89. The van der Waals surface area contributed by atoms with Crippen LogP contribution in [0.1, 0.15) is 26.2 Å². The molecule has 0 spiro atoms. The van der Waals surface area contributed by atoms with Gasteiger partial charge in [-0.15, -0.1) is 0 Å². The van der Waals surface area contributed by atoms with Crippen molar-refractivity contribution in [2.45, 2.75) is 26.2 Å². The fourth-order valence-electron chi connectivity index (χ4n) is 2.21. The fraction of sp³-hybridized carbons (Fsp3) is 1.00. The van der Waals surface area contributed by atoms with Gasteiger partial charge in [0, 0.05) is 25.2 Å². The summed E-state index contributed by atoms with van der Waals surface area (Å²) in [6.07, 6.45) is 2.31. The average Bonchev–Trinajstić information content (AvgIpc) is 2.32. The quantitative estimate of drug-likeness (QED) is 0.626. The summed E-state index contributed by atoms with van der Waals surface area (Å²) in [5.41, 5.74) is -0.406. The van der Waals surface area contributed by atoms with Gasteiger partial charge in [0.05, 0.1) is 25.6 Å². The molecule has 1 rings (SSSR count). The zero-order chi connectivity index (χ0) is 14.2. The van der Waals surface area contributed by atoms with Crippen LogP contribution in [0, 0.1) is 5.41 Å². The van der Waals surface area contributed by atoms with E-state index in [0.29, 0.717) is 45.9 Å². The molecule has 0 aromatic rings. The largest absolute Gasteiger partial charge is 0.381 e. The summed E-state index contributed by atoms with van der Waals surface area (Å²) < 4.78 is 38.8. The van der Waals surface area contributed by atoms with Gasteiger partial charge in [-0.3, -0.25) is 0 Å². The predicted octanol–water partition coefficient (Wildman–Crippen LogP) is 0.515. The van der Waals surface area contributed by atoms with E-state index in [4.69, 9.17) is 19.3 Å². The molecule has 0 bridgehead atoms. The van der Waals surface area contributed by atoms with Crippen molar-refractivity contribution in [1.29, 1.82) is 0 Å². The number of ether oxygens (including phenoxy) is 3. The second-order valence-electron chi connectivity index (χ2n) is 5.08. The fourth-order valence-corrected chi connectivity index (χ4v) is 3.44. The highest BCUT2D eigenvalue weighted by Gasteiger charge is 2.36. The van der Waals surface area contributed by atoms with E-state index < -0.39 is 15.4 Å². The Balaban J connectivity index is 2.37.